The van der Waals surface area contributed by atoms with Crippen LogP contribution in [0.5, 0.6) is 0 Å². The van der Waals surface area contributed by atoms with Crippen LogP contribution in [0.15, 0.2) is 53.4 Å². The molecule has 0 saturated carbocycles. The van der Waals surface area contributed by atoms with Gasteiger partial charge in [-0.25, -0.2) is 0 Å². The first-order chi connectivity index (χ1) is 14.8. The molecule has 0 radical (unpaired) electrons. The number of carbonyl (C=O) groups is 2. The van der Waals surface area contributed by atoms with Gasteiger partial charge in [0.05, 0.1) is 0 Å². The number of halogens is 2. The highest BCUT2D eigenvalue weighted by Gasteiger charge is 2.25. The smallest absolute Gasteiger partial charge is 0.242 e. The Labute approximate surface area is 199 Å². The lowest BCUT2D eigenvalue weighted by Gasteiger charge is -2.29. The first-order valence-electron chi connectivity index (χ1n) is 10.5. The zero-order valence-electron chi connectivity index (χ0n) is 18.2. The van der Waals surface area contributed by atoms with Crippen LogP contribution in [-0.4, -0.2) is 35.1 Å². The first kappa shape index (κ1) is 25.6. The number of nitrogens with one attached hydrogen (secondary N) is 1. The molecule has 31 heavy (non-hydrogen) atoms. The summed E-state index contributed by atoms with van der Waals surface area (Å²) in [5.74, 6) is 1.00. The van der Waals surface area contributed by atoms with E-state index in [0.29, 0.717) is 35.5 Å². The van der Waals surface area contributed by atoms with Crippen LogP contribution in [0.25, 0.3) is 0 Å². The Hall–Kier alpha value is -1.69. The van der Waals surface area contributed by atoms with Crippen molar-refractivity contribution in [2.75, 3.05) is 12.3 Å². The van der Waals surface area contributed by atoms with Crippen LogP contribution >= 0.6 is 35.0 Å². The zero-order valence-corrected chi connectivity index (χ0v) is 20.6. The second-order valence-corrected chi connectivity index (χ2v) is 9.91. The van der Waals surface area contributed by atoms with Crippen molar-refractivity contribution in [3.8, 4) is 0 Å². The van der Waals surface area contributed by atoms with E-state index < -0.39 is 6.04 Å². The van der Waals surface area contributed by atoms with Gasteiger partial charge in [0.15, 0.2) is 0 Å². The van der Waals surface area contributed by atoms with Crippen molar-refractivity contribution in [3.63, 3.8) is 0 Å². The number of hydrogen-bond donors (Lipinski definition) is 1. The average molecular weight is 481 g/mol. The van der Waals surface area contributed by atoms with E-state index in [1.807, 2.05) is 50.2 Å². The van der Waals surface area contributed by atoms with E-state index in [0.717, 1.165) is 22.6 Å². The number of benzene rings is 2. The molecule has 2 amide bonds. The zero-order chi connectivity index (χ0) is 22.8. The summed E-state index contributed by atoms with van der Waals surface area (Å²) in [7, 11) is 0. The SMILES string of the molecule is CC(C)CNC(=O)[C@H](C)N(Cc1ccc(Cl)cc1)C(=O)CCCSc1ccc(Cl)cc1. The molecule has 0 aliphatic rings. The van der Waals surface area contributed by atoms with Crippen LogP contribution in [0, 0.1) is 5.92 Å². The summed E-state index contributed by atoms with van der Waals surface area (Å²) in [6.45, 7) is 6.83. The van der Waals surface area contributed by atoms with E-state index >= 15 is 0 Å². The minimum absolute atomic E-state index is 0.0288. The van der Waals surface area contributed by atoms with Gasteiger partial charge < -0.3 is 10.2 Å². The maximum Gasteiger partial charge on any atom is 0.242 e. The van der Waals surface area contributed by atoms with Crippen molar-refractivity contribution in [2.45, 2.75) is 51.1 Å². The lowest BCUT2D eigenvalue weighted by atomic mass is 10.1. The Balaban J connectivity index is 1.97. The molecule has 2 rings (SSSR count). The van der Waals surface area contributed by atoms with E-state index in [2.05, 4.69) is 5.32 Å². The molecule has 2 aromatic rings. The molecule has 4 nitrogen and oxygen atoms in total. The van der Waals surface area contributed by atoms with Gasteiger partial charge in [-0.1, -0.05) is 49.2 Å². The predicted molar refractivity (Wildman–Crippen MR) is 131 cm³/mol. The van der Waals surface area contributed by atoms with Crippen molar-refractivity contribution in [3.05, 3.63) is 64.1 Å². The van der Waals surface area contributed by atoms with Crippen LogP contribution < -0.4 is 5.32 Å². The second-order valence-electron chi connectivity index (χ2n) is 7.87. The fourth-order valence-electron chi connectivity index (χ4n) is 2.91. The van der Waals surface area contributed by atoms with Crippen molar-refractivity contribution in [2.24, 2.45) is 5.92 Å². The molecule has 1 atom stereocenters. The van der Waals surface area contributed by atoms with Crippen molar-refractivity contribution >= 4 is 46.8 Å². The lowest BCUT2D eigenvalue weighted by molar-refractivity contribution is -0.140. The Bertz CT molecular complexity index is 842. The molecule has 1 N–H and O–H groups in total. The summed E-state index contributed by atoms with van der Waals surface area (Å²) < 4.78 is 0. The average Bonchev–Trinajstić information content (AvgIpc) is 2.75. The van der Waals surface area contributed by atoms with Gasteiger partial charge in [0.2, 0.25) is 11.8 Å². The molecule has 0 unspecified atom stereocenters. The summed E-state index contributed by atoms with van der Waals surface area (Å²) >= 11 is 13.6. The molecule has 7 heteroatoms. The van der Waals surface area contributed by atoms with Gasteiger partial charge >= 0.3 is 0 Å². The van der Waals surface area contributed by atoms with E-state index in [1.165, 1.54) is 0 Å². The molecule has 0 spiro atoms. The fourth-order valence-corrected chi connectivity index (χ4v) is 4.01. The largest absolute Gasteiger partial charge is 0.354 e. The van der Waals surface area contributed by atoms with Gasteiger partial charge in [0, 0.05) is 34.5 Å². The van der Waals surface area contributed by atoms with Gasteiger partial charge in [-0.05, 0) is 67.0 Å². The standard InChI is InChI=1S/C24H30Cl2N2O2S/c1-17(2)15-27-24(30)18(3)28(16-19-6-8-20(25)9-7-19)23(29)5-4-14-31-22-12-10-21(26)11-13-22/h6-13,17-18H,4-5,14-16H2,1-3H3,(H,27,30)/t18-/m0/s1. The minimum atomic E-state index is -0.550. The van der Waals surface area contributed by atoms with Gasteiger partial charge in [-0.15, -0.1) is 11.8 Å². The molecule has 0 heterocycles. The number of thioether (sulfide) groups is 1. The van der Waals surface area contributed by atoms with Crippen molar-refractivity contribution in [1.29, 1.82) is 0 Å². The number of hydrogen-bond acceptors (Lipinski definition) is 3. The highest BCUT2D eigenvalue weighted by Crippen LogP contribution is 2.22. The first-order valence-corrected chi connectivity index (χ1v) is 12.2. The Morgan fingerprint density at radius 2 is 1.55 bits per heavy atom. The molecule has 0 aromatic heterocycles. The van der Waals surface area contributed by atoms with Gasteiger partial charge in [-0.2, -0.15) is 0 Å². The van der Waals surface area contributed by atoms with Gasteiger partial charge in [-0.3, -0.25) is 9.59 Å². The van der Waals surface area contributed by atoms with E-state index in [-0.39, 0.29) is 11.8 Å². The quantitative estimate of drug-likeness (QED) is 0.314. The molecule has 0 saturated heterocycles. The lowest BCUT2D eigenvalue weighted by Crippen LogP contribution is -2.48. The molecule has 168 valence electrons. The van der Waals surface area contributed by atoms with Crippen molar-refractivity contribution in [1.82, 2.24) is 10.2 Å². The maximum atomic E-state index is 13.0. The Morgan fingerprint density at radius 3 is 2.13 bits per heavy atom. The van der Waals surface area contributed by atoms with Crippen molar-refractivity contribution < 1.29 is 9.59 Å². The van der Waals surface area contributed by atoms with Crippen LogP contribution in [0.1, 0.15) is 39.2 Å². The van der Waals surface area contributed by atoms with E-state index in [4.69, 9.17) is 23.2 Å². The van der Waals surface area contributed by atoms with Gasteiger partial charge in [0.1, 0.15) is 6.04 Å². The maximum absolute atomic E-state index is 13.0. The topological polar surface area (TPSA) is 49.4 Å². The minimum Gasteiger partial charge on any atom is -0.354 e. The molecule has 0 fully saturated rings. The van der Waals surface area contributed by atoms with Crippen LogP contribution in [0.3, 0.4) is 0 Å². The third-order valence-corrected chi connectivity index (χ3v) is 6.34. The summed E-state index contributed by atoms with van der Waals surface area (Å²) in [5, 5.41) is 4.29. The normalized spacial score (nSPS) is 11.9. The Kier molecular flexibility index (Phi) is 10.7. The monoisotopic (exact) mass is 480 g/mol. The Morgan fingerprint density at radius 1 is 0.968 bits per heavy atom. The number of rotatable bonds is 11. The number of nitrogens with zero attached hydrogens (tertiary/aromatic N) is 1. The molecule has 0 aliphatic carbocycles. The predicted octanol–water partition coefficient (Wildman–Crippen LogP) is 6.06. The molecular weight excluding hydrogens is 451 g/mol. The summed E-state index contributed by atoms with van der Waals surface area (Å²) in [6.07, 6.45) is 1.11. The second kappa shape index (κ2) is 13.0. The molecule has 0 aliphatic heterocycles. The fraction of sp³-hybridized carbons (Fsp3) is 0.417. The summed E-state index contributed by atoms with van der Waals surface area (Å²) in [5.41, 5.74) is 0.941. The van der Waals surface area contributed by atoms with Crippen LogP contribution in [0.2, 0.25) is 10.0 Å². The van der Waals surface area contributed by atoms with E-state index in [9.17, 15) is 9.59 Å². The highest BCUT2D eigenvalue weighted by atomic mass is 35.5. The third-order valence-electron chi connectivity index (χ3n) is 4.74. The van der Waals surface area contributed by atoms with Crippen LogP contribution in [0.4, 0.5) is 0 Å². The summed E-state index contributed by atoms with van der Waals surface area (Å²) in [4.78, 5) is 28.5. The molecule has 0 bridgehead atoms. The van der Waals surface area contributed by atoms with Gasteiger partial charge in [0.25, 0.3) is 0 Å². The molecular formula is C24H30Cl2N2O2S. The van der Waals surface area contributed by atoms with Crippen LogP contribution in [-0.2, 0) is 16.1 Å². The third kappa shape index (κ3) is 9.14. The van der Waals surface area contributed by atoms with E-state index in [1.54, 1.807) is 35.7 Å². The molecule has 2 aromatic carbocycles. The highest BCUT2D eigenvalue weighted by molar-refractivity contribution is 7.99. The number of amides is 2. The number of carbonyl (C=O) groups excluding carboxylic acids is 2. The summed E-state index contributed by atoms with van der Waals surface area (Å²) in [6, 6.07) is 14.5.